The van der Waals surface area contributed by atoms with E-state index in [1.54, 1.807) is 6.20 Å². The van der Waals surface area contributed by atoms with Crippen LogP contribution in [0.15, 0.2) is 18.3 Å². The molecule has 0 aliphatic heterocycles. The van der Waals surface area contributed by atoms with E-state index in [9.17, 15) is 0 Å². The van der Waals surface area contributed by atoms with E-state index < -0.39 is 0 Å². The molecule has 4 nitrogen and oxygen atoms in total. The molecule has 112 valence electrons. The zero-order chi connectivity index (χ0) is 14.6. The number of hydrogen-bond donors (Lipinski definition) is 2. The lowest BCUT2D eigenvalue weighted by atomic mass is 9.83. The van der Waals surface area contributed by atoms with Crippen LogP contribution in [-0.2, 0) is 6.42 Å². The van der Waals surface area contributed by atoms with E-state index >= 15 is 0 Å². The number of nitrogens with zero attached hydrogens (tertiary/aromatic N) is 2. The van der Waals surface area contributed by atoms with Crippen molar-refractivity contribution in [3.63, 3.8) is 0 Å². The number of anilines is 1. The number of nitrogens with one attached hydrogen (secondary N) is 1. The van der Waals surface area contributed by atoms with Gasteiger partial charge in [-0.3, -0.25) is 0 Å². The van der Waals surface area contributed by atoms with E-state index in [2.05, 4.69) is 42.3 Å². The molecule has 1 fully saturated rings. The summed E-state index contributed by atoms with van der Waals surface area (Å²) >= 11 is 0. The summed E-state index contributed by atoms with van der Waals surface area (Å²) in [7, 11) is 4.42. The van der Waals surface area contributed by atoms with Gasteiger partial charge in [-0.1, -0.05) is 25.8 Å². The summed E-state index contributed by atoms with van der Waals surface area (Å²) in [5.41, 5.74) is 7.44. The molecule has 1 atom stereocenters. The lowest BCUT2D eigenvalue weighted by Gasteiger charge is -2.44. The monoisotopic (exact) mass is 276 g/mol. The highest BCUT2D eigenvalue weighted by Crippen LogP contribution is 2.38. The van der Waals surface area contributed by atoms with Gasteiger partial charge in [0.05, 0.1) is 0 Å². The molecule has 1 aliphatic carbocycles. The third-order valence-corrected chi connectivity index (χ3v) is 4.81. The van der Waals surface area contributed by atoms with Crippen molar-refractivity contribution in [3.8, 4) is 0 Å². The molecule has 0 aromatic carbocycles. The Hall–Kier alpha value is -1.13. The van der Waals surface area contributed by atoms with Crippen molar-refractivity contribution in [1.82, 2.24) is 15.2 Å². The Kier molecular flexibility index (Phi) is 5.00. The highest BCUT2D eigenvalue weighted by molar-refractivity contribution is 5.39. The maximum Gasteiger partial charge on any atom is 0.126 e. The number of nitrogens with two attached hydrogens (primary N) is 1. The van der Waals surface area contributed by atoms with Crippen LogP contribution in [0.25, 0.3) is 0 Å². The van der Waals surface area contributed by atoms with E-state index in [4.69, 9.17) is 5.73 Å². The minimum atomic E-state index is 0.248. The average Bonchev–Trinajstić information content (AvgIpc) is 2.91. The Morgan fingerprint density at radius 1 is 1.40 bits per heavy atom. The van der Waals surface area contributed by atoms with Gasteiger partial charge < -0.3 is 16.0 Å². The minimum Gasteiger partial charge on any atom is -0.383 e. The first kappa shape index (κ1) is 15.3. The number of likely N-dealkylation sites (N-methyl/N-ethyl adjacent to an activating group) is 2. The van der Waals surface area contributed by atoms with Crippen molar-refractivity contribution in [2.24, 2.45) is 0 Å². The summed E-state index contributed by atoms with van der Waals surface area (Å²) < 4.78 is 0. The van der Waals surface area contributed by atoms with Crippen LogP contribution in [-0.4, -0.2) is 42.1 Å². The van der Waals surface area contributed by atoms with E-state index in [-0.39, 0.29) is 5.54 Å². The molecular formula is C16H28N4. The minimum absolute atomic E-state index is 0.248. The third kappa shape index (κ3) is 2.96. The van der Waals surface area contributed by atoms with Gasteiger partial charge in [-0.15, -0.1) is 0 Å². The van der Waals surface area contributed by atoms with Crippen LogP contribution in [0.3, 0.4) is 0 Å². The fourth-order valence-corrected chi connectivity index (χ4v) is 3.64. The molecule has 1 aromatic rings. The first-order valence-corrected chi connectivity index (χ1v) is 7.70. The zero-order valence-electron chi connectivity index (χ0n) is 13.0. The number of rotatable bonds is 6. The van der Waals surface area contributed by atoms with Crippen LogP contribution in [0.2, 0.25) is 0 Å². The Morgan fingerprint density at radius 3 is 2.65 bits per heavy atom. The van der Waals surface area contributed by atoms with E-state index in [0.29, 0.717) is 11.9 Å². The topological polar surface area (TPSA) is 54.2 Å². The van der Waals surface area contributed by atoms with Gasteiger partial charge in [0.2, 0.25) is 0 Å². The summed E-state index contributed by atoms with van der Waals surface area (Å²) in [6, 6.07) is 4.51. The standard InChI is InChI=1S/C16H28N4/c1-4-18-14(12-13-8-7-11-19-15(13)17)16(20(2)3)9-5-6-10-16/h7-8,11,14,18H,4-6,9-10,12H2,1-3H3,(H2,17,19). The number of aromatic nitrogens is 1. The van der Waals surface area contributed by atoms with Crippen molar-refractivity contribution in [2.75, 3.05) is 26.4 Å². The Morgan fingerprint density at radius 2 is 2.10 bits per heavy atom. The molecule has 4 heteroatoms. The molecular weight excluding hydrogens is 248 g/mol. The van der Waals surface area contributed by atoms with Gasteiger partial charge in [0, 0.05) is 17.8 Å². The van der Waals surface area contributed by atoms with E-state index in [0.717, 1.165) is 18.5 Å². The molecule has 0 saturated heterocycles. The predicted molar refractivity (Wildman–Crippen MR) is 84.7 cm³/mol. The highest BCUT2D eigenvalue weighted by atomic mass is 15.2. The smallest absolute Gasteiger partial charge is 0.126 e. The van der Waals surface area contributed by atoms with E-state index in [1.807, 2.05) is 6.07 Å². The van der Waals surface area contributed by atoms with Gasteiger partial charge in [-0.2, -0.15) is 0 Å². The fraction of sp³-hybridized carbons (Fsp3) is 0.688. The molecule has 0 amide bonds. The predicted octanol–water partition coefficient (Wildman–Crippen LogP) is 2.06. The van der Waals surface area contributed by atoms with Crippen molar-refractivity contribution in [3.05, 3.63) is 23.9 Å². The molecule has 0 spiro atoms. The number of hydrogen-bond acceptors (Lipinski definition) is 4. The van der Waals surface area contributed by atoms with Gasteiger partial charge in [0.1, 0.15) is 5.82 Å². The molecule has 1 aromatic heterocycles. The molecule has 1 aliphatic rings. The Bertz CT molecular complexity index is 424. The second-order valence-corrected chi connectivity index (χ2v) is 6.07. The first-order chi connectivity index (χ1) is 9.60. The molecule has 2 rings (SSSR count). The average molecular weight is 276 g/mol. The first-order valence-electron chi connectivity index (χ1n) is 7.70. The second kappa shape index (κ2) is 6.55. The van der Waals surface area contributed by atoms with Crippen LogP contribution < -0.4 is 11.1 Å². The zero-order valence-corrected chi connectivity index (χ0v) is 13.0. The van der Waals surface area contributed by atoms with Crippen molar-refractivity contribution >= 4 is 5.82 Å². The van der Waals surface area contributed by atoms with Gasteiger partial charge >= 0.3 is 0 Å². The number of pyridine rings is 1. The normalized spacial score (nSPS) is 19.4. The lowest BCUT2D eigenvalue weighted by molar-refractivity contribution is 0.105. The summed E-state index contributed by atoms with van der Waals surface area (Å²) in [4.78, 5) is 6.64. The largest absolute Gasteiger partial charge is 0.383 e. The fourth-order valence-electron chi connectivity index (χ4n) is 3.64. The van der Waals surface area contributed by atoms with Crippen molar-refractivity contribution in [1.29, 1.82) is 0 Å². The van der Waals surface area contributed by atoms with Crippen LogP contribution in [0, 0.1) is 0 Å². The van der Waals surface area contributed by atoms with Crippen molar-refractivity contribution in [2.45, 2.75) is 50.6 Å². The maximum atomic E-state index is 6.03. The van der Waals surface area contributed by atoms with Gasteiger partial charge in [-0.05, 0) is 51.5 Å². The molecule has 0 radical (unpaired) electrons. The molecule has 0 bridgehead atoms. The number of nitrogen functional groups attached to an aromatic ring is 1. The molecule has 20 heavy (non-hydrogen) atoms. The van der Waals surface area contributed by atoms with Crippen molar-refractivity contribution < 1.29 is 0 Å². The third-order valence-electron chi connectivity index (χ3n) is 4.81. The van der Waals surface area contributed by atoms with Crippen LogP contribution >= 0.6 is 0 Å². The summed E-state index contributed by atoms with van der Waals surface area (Å²) in [5, 5.41) is 3.70. The maximum absolute atomic E-state index is 6.03. The van der Waals surface area contributed by atoms with Gasteiger partial charge in [0.25, 0.3) is 0 Å². The van der Waals surface area contributed by atoms with E-state index in [1.165, 1.54) is 25.7 Å². The Labute approximate surface area is 122 Å². The summed E-state index contributed by atoms with van der Waals surface area (Å²) in [5.74, 6) is 0.669. The highest BCUT2D eigenvalue weighted by Gasteiger charge is 2.42. The van der Waals surface area contributed by atoms with Crippen LogP contribution in [0.1, 0.15) is 38.2 Å². The molecule has 1 heterocycles. The SMILES string of the molecule is CCNC(Cc1cccnc1N)C1(N(C)C)CCCC1. The molecule has 1 saturated carbocycles. The van der Waals surface area contributed by atoms with Gasteiger partial charge in [0.15, 0.2) is 0 Å². The van der Waals surface area contributed by atoms with Gasteiger partial charge in [-0.25, -0.2) is 4.98 Å². The Balaban J connectivity index is 2.24. The lowest BCUT2D eigenvalue weighted by Crippen LogP contribution is -2.58. The summed E-state index contributed by atoms with van der Waals surface area (Å²) in [6.07, 6.45) is 7.88. The molecule has 1 unspecified atom stereocenters. The molecule has 3 N–H and O–H groups in total. The quantitative estimate of drug-likeness (QED) is 0.835. The van der Waals surface area contributed by atoms with Crippen LogP contribution in [0.5, 0.6) is 0 Å². The second-order valence-electron chi connectivity index (χ2n) is 6.07. The summed E-state index contributed by atoms with van der Waals surface area (Å²) in [6.45, 7) is 3.17. The van der Waals surface area contributed by atoms with Crippen LogP contribution in [0.4, 0.5) is 5.82 Å².